The van der Waals surface area contributed by atoms with Crippen molar-refractivity contribution in [2.24, 2.45) is 29.1 Å². The number of amides is 1. The van der Waals surface area contributed by atoms with Crippen LogP contribution in [-0.4, -0.2) is 62.4 Å². The second-order valence-electron chi connectivity index (χ2n) is 11.7. The van der Waals surface area contributed by atoms with E-state index in [9.17, 15) is 29.7 Å². The van der Waals surface area contributed by atoms with Crippen LogP contribution in [0.1, 0.15) is 46.6 Å². The Bertz CT molecular complexity index is 1140. The molecule has 0 radical (unpaired) electrons. The van der Waals surface area contributed by atoms with Gasteiger partial charge < -0.3 is 25.4 Å². The predicted octanol–water partition coefficient (Wildman–Crippen LogP) is 2.11. The Kier molecular flexibility index (Phi) is 7.47. The third-order valence-electron chi connectivity index (χ3n) is 9.08. The number of allylic oxidation sites excluding steroid dienone is 1. The number of carbonyl (C=O) groups excluding carboxylic acids is 3. The standard InChI is InChI=1S/C30H39NO7/c1-17-10-9-13-21-26(34)29(5,37)18(2)24-22(16-20-11-7-6-8-12-20)31-27(35)30(21,24)23(38-19(3)32)14-15-28(4,36)25(17)33/h6-9,11-15,17-18,21-24,26,34,36-37H,10,16H2,1-5H3,(H,31,35)/b13-9-,15-14-/t17-,18-,21-,22-,23+,24-,26-,28+,29-,30+/m0/s1. The fourth-order valence-electron chi connectivity index (χ4n) is 6.95. The maximum absolute atomic E-state index is 14.2. The molecule has 0 unspecified atom stereocenters. The lowest BCUT2D eigenvalue weighted by Gasteiger charge is -2.57. The van der Waals surface area contributed by atoms with Gasteiger partial charge in [-0.3, -0.25) is 14.4 Å². The average molecular weight is 526 g/mol. The van der Waals surface area contributed by atoms with E-state index in [1.807, 2.05) is 30.3 Å². The van der Waals surface area contributed by atoms with Gasteiger partial charge in [-0.25, -0.2) is 0 Å². The van der Waals surface area contributed by atoms with E-state index in [1.54, 1.807) is 32.9 Å². The first-order valence-electron chi connectivity index (χ1n) is 13.3. The van der Waals surface area contributed by atoms with Crippen molar-refractivity contribution in [3.8, 4) is 0 Å². The van der Waals surface area contributed by atoms with Crippen molar-refractivity contribution in [2.75, 3.05) is 0 Å². The largest absolute Gasteiger partial charge is 0.457 e. The first-order valence-corrected chi connectivity index (χ1v) is 13.3. The van der Waals surface area contributed by atoms with Gasteiger partial charge in [0.15, 0.2) is 5.78 Å². The number of ketones is 1. The Labute approximate surface area is 223 Å². The molecule has 4 rings (SSSR count). The number of rotatable bonds is 3. The fourth-order valence-corrected chi connectivity index (χ4v) is 6.95. The molecule has 10 atom stereocenters. The molecule has 8 heteroatoms. The molecule has 1 saturated heterocycles. The second-order valence-corrected chi connectivity index (χ2v) is 11.7. The molecule has 1 amide bonds. The number of aliphatic hydroxyl groups is 3. The molecule has 1 aromatic carbocycles. The molecule has 2 aliphatic carbocycles. The van der Waals surface area contributed by atoms with E-state index in [0.29, 0.717) is 6.42 Å². The highest BCUT2D eigenvalue weighted by Crippen LogP contribution is 2.60. The summed E-state index contributed by atoms with van der Waals surface area (Å²) in [6, 6.07) is 9.21. The topological polar surface area (TPSA) is 133 Å². The van der Waals surface area contributed by atoms with Crippen molar-refractivity contribution < 1.29 is 34.4 Å². The molecule has 1 aromatic rings. The smallest absolute Gasteiger partial charge is 0.303 e. The molecule has 1 aliphatic heterocycles. The summed E-state index contributed by atoms with van der Waals surface area (Å²) in [5.74, 6) is -4.14. The summed E-state index contributed by atoms with van der Waals surface area (Å²) in [4.78, 5) is 39.6. The number of benzene rings is 1. The Morgan fingerprint density at radius 1 is 1.11 bits per heavy atom. The zero-order valence-corrected chi connectivity index (χ0v) is 22.6. The Morgan fingerprint density at radius 3 is 2.39 bits per heavy atom. The molecule has 0 bridgehead atoms. The lowest BCUT2D eigenvalue weighted by Crippen LogP contribution is -2.68. The minimum Gasteiger partial charge on any atom is -0.457 e. The van der Waals surface area contributed by atoms with Crippen LogP contribution in [-0.2, 0) is 25.5 Å². The molecule has 1 spiro atoms. The highest BCUT2D eigenvalue weighted by Gasteiger charge is 2.72. The first-order chi connectivity index (χ1) is 17.7. The van der Waals surface area contributed by atoms with Crippen LogP contribution in [0.25, 0.3) is 0 Å². The minimum atomic E-state index is -1.86. The molecule has 8 nitrogen and oxygen atoms in total. The summed E-state index contributed by atoms with van der Waals surface area (Å²) in [6.45, 7) is 7.67. The number of nitrogens with one attached hydrogen (secondary N) is 1. The summed E-state index contributed by atoms with van der Waals surface area (Å²) >= 11 is 0. The molecular formula is C30H39NO7. The van der Waals surface area contributed by atoms with Crippen LogP contribution < -0.4 is 5.32 Å². The maximum Gasteiger partial charge on any atom is 0.303 e. The van der Waals surface area contributed by atoms with Gasteiger partial charge in [-0.05, 0) is 50.3 Å². The summed E-state index contributed by atoms with van der Waals surface area (Å²) in [5, 5.41) is 37.3. The molecular weight excluding hydrogens is 486 g/mol. The summed E-state index contributed by atoms with van der Waals surface area (Å²) in [6.07, 6.45) is 4.23. The summed E-state index contributed by atoms with van der Waals surface area (Å²) < 4.78 is 5.79. The van der Waals surface area contributed by atoms with Gasteiger partial charge in [0, 0.05) is 30.7 Å². The monoisotopic (exact) mass is 525 g/mol. The zero-order valence-electron chi connectivity index (χ0n) is 22.6. The molecule has 1 heterocycles. The van der Waals surface area contributed by atoms with Crippen molar-refractivity contribution in [1.29, 1.82) is 0 Å². The number of hydrogen-bond acceptors (Lipinski definition) is 7. The minimum absolute atomic E-state index is 0.262. The Hall–Kier alpha value is -2.81. The summed E-state index contributed by atoms with van der Waals surface area (Å²) in [7, 11) is 0. The first kappa shape index (κ1) is 28.2. The lowest BCUT2D eigenvalue weighted by atomic mass is 9.48. The molecule has 4 N–H and O–H groups in total. The second kappa shape index (κ2) is 10.1. The maximum atomic E-state index is 14.2. The van der Waals surface area contributed by atoms with Gasteiger partial charge in [-0.1, -0.05) is 56.3 Å². The average Bonchev–Trinajstić information content (AvgIpc) is 3.13. The molecule has 3 aliphatic rings. The van der Waals surface area contributed by atoms with Gasteiger partial charge >= 0.3 is 5.97 Å². The van der Waals surface area contributed by atoms with Crippen molar-refractivity contribution in [3.63, 3.8) is 0 Å². The van der Waals surface area contributed by atoms with E-state index in [-0.39, 0.29) is 6.42 Å². The van der Waals surface area contributed by atoms with E-state index in [2.05, 4.69) is 5.32 Å². The van der Waals surface area contributed by atoms with Crippen molar-refractivity contribution >= 4 is 17.7 Å². The Morgan fingerprint density at radius 2 is 1.76 bits per heavy atom. The zero-order chi connectivity index (χ0) is 28.0. The number of esters is 1. The van der Waals surface area contributed by atoms with Gasteiger partial charge in [0.05, 0.1) is 11.7 Å². The molecule has 38 heavy (non-hydrogen) atoms. The number of aliphatic hydroxyl groups excluding tert-OH is 1. The lowest BCUT2D eigenvalue weighted by molar-refractivity contribution is -0.217. The molecule has 0 aromatic heterocycles. The van der Waals surface area contributed by atoms with Crippen LogP contribution in [0.5, 0.6) is 0 Å². The number of Topliss-reactive ketones (excluding diaryl/α,β-unsaturated/α-hetero) is 1. The number of hydrogen-bond donors (Lipinski definition) is 4. The van der Waals surface area contributed by atoms with E-state index in [1.165, 1.54) is 26.0 Å². The van der Waals surface area contributed by atoms with Gasteiger partial charge in [0.2, 0.25) is 5.91 Å². The summed E-state index contributed by atoms with van der Waals surface area (Å²) in [5.41, 5.74) is -3.95. The Balaban J connectivity index is 1.97. The molecule has 1 saturated carbocycles. The van der Waals surface area contributed by atoms with Gasteiger partial charge in [0.1, 0.15) is 17.1 Å². The third-order valence-corrected chi connectivity index (χ3v) is 9.08. The van der Waals surface area contributed by atoms with Gasteiger partial charge in [0.25, 0.3) is 0 Å². The van der Waals surface area contributed by atoms with E-state index < -0.39 is 76.2 Å². The third kappa shape index (κ3) is 4.52. The van der Waals surface area contributed by atoms with Crippen LogP contribution in [0.15, 0.2) is 54.6 Å². The van der Waals surface area contributed by atoms with Gasteiger partial charge in [-0.15, -0.1) is 0 Å². The van der Waals surface area contributed by atoms with E-state index in [4.69, 9.17) is 4.74 Å². The normalized spacial score (nSPS) is 44.7. The predicted molar refractivity (Wildman–Crippen MR) is 141 cm³/mol. The number of ether oxygens (including phenoxy) is 1. The van der Waals surface area contributed by atoms with Gasteiger partial charge in [-0.2, -0.15) is 0 Å². The van der Waals surface area contributed by atoms with Crippen molar-refractivity contribution in [2.45, 2.75) is 76.9 Å². The SMILES string of the molecule is CC(=O)O[C@@H]1/C=C\[C@@](C)(O)C(=O)[C@@H](C)C/C=C\[C@H]2[C@H](O)[C@@](C)(O)[C@@H](C)[C@H]3[C@H](Cc4ccccc4)NC(=O)[C@@]312. The fraction of sp³-hybridized carbons (Fsp3) is 0.567. The number of carbonyl (C=O) groups is 3. The quantitative estimate of drug-likeness (QED) is 0.351. The molecule has 206 valence electrons. The van der Waals surface area contributed by atoms with E-state index >= 15 is 0 Å². The molecule has 2 fully saturated rings. The van der Waals surface area contributed by atoms with Crippen molar-refractivity contribution in [3.05, 3.63) is 60.2 Å². The van der Waals surface area contributed by atoms with Crippen LogP contribution in [0.3, 0.4) is 0 Å². The van der Waals surface area contributed by atoms with Crippen LogP contribution >= 0.6 is 0 Å². The van der Waals surface area contributed by atoms with Crippen molar-refractivity contribution in [1.82, 2.24) is 5.32 Å². The highest BCUT2D eigenvalue weighted by molar-refractivity contribution is 5.91. The van der Waals surface area contributed by atoms with Crippen LogP contribution in [0.4, 0.5) is 0 Å². The van der Waals surface area contributed by atoms with Crippen LogP contribution in [0, 0.1) is 29.1 Å². The van der Waals surface area contributed by atoms with Crippen LogP contribution in [0.2, 0.25) is 0 Å². The highest BCUT2D eigenvalue weighted by atomic mass is 16.5. The van der Waals surface area contributed by atoms with E-state index in [0.717, 1.165) is 5.56 Å².